The number of rotatable bonds is 3. The Morgan fingerprint density at radius 3 is 2.92 bits per heavy atom. The maximum atomic E-state index is 10.4. The quantitative estimate of drug-likeness (QED) is 0.639. The lowest BCUT2D eigenvalue weighted by atomic mass is 10.1. The van der Waals surface area contributed by atoms with Gasteiger partial charge in [0.1, 0.15) is 6.29 Å². The van der Waals surface area contributed by atoms with Gasteiger partial charge in [0.25, 0.3) is 0 Å². The monoisotopic (exact) mass is 163 g/mol. The fraction of sp³-hybridized carbons (Fsp3) is 0.400. The molecule has 0 aliphatic carbocycles. The van der Waals surface area contributed by atoms with E-state index >= 15 is 0 Å². The normalized spacial score (nSPS) is 10.2. The number of aromatic nitrogens is 1. The van der Waals surface area contributed by atoms with Crippen molar-refractivity contribution in [3.8, 4) is 0 Å². The summed E-state index contributed by atoms with van der Waals surface area (Å²) < 4.78 is 0. The topological polar surface area (TPSA) is 30.0 Å². The second kappa shape index (κ2) is 4.00. The Morgan fingerprint density at radius 1 is 1.58 bits per heavy atom. The molecule has 1 rings (SSSR count). The Hall–Kier alpha value is -1.18. The third kappa shape index (κ3) is 2.46. The van der Waals surface area contributed by atoms with Crippen molar-refractivity contribution in [3.05, 3.63) is 29.6 Å². The van der Waals surface area contributed by atoms with Crippen LogP contribution in [0.5, 0.6) is 0 Å². The molecule has 0 spiro atoms. The lowest BCUT2D eigenvalue weighted by Gasteiger charge is -2.03. The summed E-state index contributed by atoms with van der Waals surface area (Å²) in [4.78, 5) is 14.6. The Labute approximate surface area is 72.6 Å². The van der Waals surface area contributed by atoms with Gasteiger partial charge < -0.3 is 0 Å². The molecule has 0 atom stereocenters. The molecule has 0 unspecified atom stereocenters. The van der Waals surface area contributed by atoms with E-state index in [1.807, 2.05) is 6.07 Å². The molecule has 64 valence electrons. The van der Waals surface area contributed by atoms with Crippen molar-refractivity contribution in [2.24, 2.45) is 5.92 Å². The molecule has 0 N–H and O–H groups in total. The van der Waals surface area contributed by atoms with Gasteiger partial charge in [-0.3, -0.25) is 9.78 Å². The molecule has 1 aromatic rings. The van der Waals surface area contributed by atoms with Gasteiger partial charge in [-0.25, -0.2) is 0 Å². The van der Waals surface area contributed by atoms with Crippen molar-refractivity contribution in [2.45, 2.75) is 20.3 Å². The highest BCUT2D eigenvalue weighted by molar-refractivity contribution is 5.74. The molecule has 2 heteroatoms. The van der Waals surface area contributed by atoms with Gasteiger partial charge in [0, 0.05) is 17.5 Å². The number of carbonyl (C=O) groups is 1. The number of nitrogens with zero attached hydrogens (tertiary/aromatic N) is 1. The average molecular weight is 163 g/mol. The first-order valence-corrected chi connectivity index (χ1v) is 4.12. The first kappa shape index (κ1) is 8.91. The standard InChI is InChI=1S/C10H13NO/c1-8(2)5-10-6-9(7-12)3-4-11-10/h3-4,6-8H,5H2,1-2H3. The van der Waals surface area contributed by atoms with Gasteiger partial charge in [-0.2, -0.15) is 0 Å². The van der Waals surface area contributed by atoms with E-state index < -0.39 is 0 Å². The van der Waals surface area contributed by atoms with Crippen molar-refractivity contribution >= 4 is 6.29 Å². The SMILES string of the molecule is CC(C)Cc1cc(C=O)ccn1. The van der Waals surface area contributed by atoms with E-state index in [0.717, 1.165) is 18.4 Å². The van der Waals surface area contributed by atoms with E-state index in [4.69, 9.17) is 0 Å². The highest BCUT2D eigenvalue weighted by Gasteiger charge is 1.99. The Morgan fingerprint density at radius 2 is 2.33 bits per heavy atom. The zero-order valence-corrected chi connectivity index (χ0v) is 7.45. The molecular formula is C10H13NO. The molecule has 12 heavy (non-hydrogen) atoms. The molecule has 1 aromatic heterocycles. The molecule has 0 aliphatic rings. The smallest absolute Gasteiger partial charge is 0.150 e. The number of aldehydes is 1. The Balaban J connectivity index is 2.79. The first-order valence-electron chi connectivity index (χ1n) is 4.12. The lowest BCUT2D eigenvalue weighted by Crippen LogP contribution is -1.97. The van der Waals surface area contributed by atoms with Crippen molar-refractivity contribution in [3.63, 3.8) is 0 Å². The summed E-state index contributed by atoms with van der Waals surface area (Å²) in [6.07, 6.45) is 3.47. The van der Waals surface area contributed by atoms with Crippen LogP contribution in [0.4, 0.5) is 0 Å². The molecule has 0 saturated carbocycles. The fourth-order valence-corrected chi connectivity index (χ4v) is 1.10. The summed E-state index contributed by atoms with van der Waals surface area (Å²) in [7, 11) is 0. The molecular weight excluding hydrogens is 150 g/mol. The molecule has 0 bridgehead atoms. The fourth-order valence-electron chi connectivity index (χ4n) is 1.10. The number of carbonyl (C=O) groups excluding carboxylic acids is 1. The maximum absolute atomic E-state index is 10.4. The van der Waals surface area contributed by atoms with Crippen LogP contribution in [0.1, 0.15) is 29.9 Å². The predicted molar refractivity (Wildman–Crippen MR) is 48.2 cm³/mol. The Kier molecular flexibility index (Phi) is 2.97. The minimum Gasteiger partial charge on any atom is -0.298 e. The van der Waals surface area contributed by atoms with E-state index in [-0.39, 0.29) is 0 Å². The summed E-state index contributed by atoms with van der Waals surface area (Å²) in [6, 6.07) is 3.56. The summed E-state index contributed by atoms with van der Waals surface area (Å²) in [5, 5.41) is 0. The maximum Gasteiger partial charge on any atom is 0.150 e. The Bertz CT molecular complexity index is 268. The average Bonchev–Trinajstić information content (AvgIpc) is 2.03. The van der Waals surface area contributed by atoms with E-state index in [2.05, 4.69) is 18.8 Å². The number of hydrogen-bond donors (Lipinski definition) is 0. The van der Waals surface area contributed by atoms with Gasteiger partial charge in [0.15, 0.2) is 0 Å². The molecule has 0 saturated heterocycles. The van der Waals surface area contributed by atoms with Gasteiger partial charge in [-0.05, 0) is 24.5 Å². The highest BCUT2D eigenvalue weighted by Crippen LogP contribution is 2.05. The second-order valence-electron chi connectivity index (χ2n) is 3.30. The van der Waals surface area contributed by atoms with Crippen molar-refractivity contribution < 1.29 is 4.79 Å². The van der Waals surface area contributed by atoms with Gasteiger partial charge in [0.2, 0.25) is 0 Å². The number of hydrogen-bond acceptors (Lipinski definition) is 2. The van der Waals surface area contributed by atoms with Crippen LogP contribution in [0, 0.1) is 5.92 Å². The second-order valence-corrected chi connectivity index (χ2v) is 3.30. The lowest BCUT2D eigenvalue weighted by molar-refractivity contribution is 0.112. The van der Waals surface area contributed by atoms with Crippen molar-refractivity contribution in [1.29, 1.82) is 0 Å². The number of pyridine rings is 1. The van der Waals surface area contributed by atoms with Crippen LogP contribution in [0.15, 0.2) is 18.3 Å². The van der Waals surface area contributed by atoms with Crippen LogP contribution in [0.2, 0.25) is 0 Å². The molecule has 0 radical (unpaired) electrons. The third-order valence-electron chi connectivity index (χ3n) is 1.59. The van der Waals surface area contributed by atoms with Gasteiger partial charge in [0.05, 0.1) is 0 Å². The molecule has 1 heterocycles. The van der Waals surface area contributed by atoms with Crippen molar-refractivity contribution in [1.82, 2.24) is 4.98 Å². The van der Waals surface area contributed by atoms with E-state index in [1.54, 1.807) is 12.3 Å². The minimum atomic E-state index is 0.583. The zero-order chi connectivity index (χ0) is 8.97. The zero-order valence-electron chi connectivity index (χ0n) is 7.45. The largest absolute Gasteiger partial charge is 0.298 e. The van der Waals surface area contributed by atoms with E-state index in [9.17, 15) is 4.79 Å². The van der Waals surface area contributed by atoms with Gasteiger partial charge >= 0.3 is 0 Å². The van der Waals surface area contributed by atoms with Crippen LogP contribution in [0.25, 0.3) is 0 Å². The van der Waals surface area contributed by atoms with Gasteiger partial charge in [-0.1, -0.05) is 13.8 Å². The third-order valence-corrected chi connectivity index (χ3v) is 1.59. The first-order chi connectivity index (χ1) is 5.72. The van der Waals surface area contributed by atoms with Crippen LogP contribution in [-0.4, -0.2) is 11.3 Å². The van der Waals surface area contributed by atoms with Crippen molar-refractivity contribution in [2.75, 3.05) is 0 Å². The summed E-state index contributed by atoms with van der Waals surface area (Å²) in [6.45, 7) is 4.27. The highest BCUT2D eigenvalue weighted by atomic mass is 16.1. The molecule has 0 aromatic carbocycles. The van der Waals surface area contributed by atoms with Crippen LogP contribution >= 0.6 is 0 Å². The molecule has 0 amide bonds. The summed E-state index contributed by atoms with van der Waals surface area (Å²) >= 11 is 0. The molecule has 2 nitrogen and oxygen atoms in total. The van der Waals surface area contributed by atoms with E-state index in [1.165, 1.54) is 0 Å². The van der Waals surface area contributed by atoms with Crippen LogP contribution in [-0.2, 0) is 6.42 Å². The summed E-state index contributed by atoms with van der Waals surface area (Å²) in [5.41, 5.74) is 1.70. The predicted octanol–water partition coefficient (Wildman–Crippen LogP) is 2.09. The summed E-state index contributed by atoms with van der Waals surface area (Å²) in [5.74, 6) is 0.583. The molecule has 0 fully saturated rings. The van der Waals surface area contributed by atoms with Gasteiger partial charge in [-0.15, -0.1) is 0 Å². The van der Waals surface area contributed by atoms with E-state index in [0.29, 0.717) is 11.5 Å². The van der Waals surface area contributed by atoms with Crippen LogP contribution < -0.4 is 0 Å². The molecule has 0 aliphatic heterocycles. The minimum absolute atomic E-state index is 0.583. The van der Waals surface area contributed by atoms with Crippen LogP contribution in [0.3, 0.4) is 0 Å².